The number of nitrogens with zero attached hydrogens (tertiary/aromatic N) is 1. The summed E-state index contributed by atoms with van der Waals surface area (Å²) < 4.78 is 0. The van der Waals surface area contributed by atoms with E-state index in [4.69, 9.17) is 11.6 Å². The average molecular weight is 227 g/mol. The molecule has 3 heteroatoms. The van der Waals surface area contributed by atoms with Crippen molar-refractivity contribution in [3.63, 3.8) is 0 Å². The molecule has 1 heterocycles. The molecule has 2 unspecified atom stereocenters. The lowest BCUT2D eigenvalue weighted by molar-refractivity contribution is 0.388. The lowest BCUT2D eigenvalue weighted by atomic mass is 10.0. The van der Waals surface area contributed by atoms with E-state index >= 15 is 0 Å². The largest absolute Gasteiger partial charge is 0.308 e. The van der Waals surface area contributed by atoms with Gasteiger partial charge in [0.1, 0.15) is 0 Å². The predicted octanol–water partition coefficient (Wildman–Crippen LogP) is 3.26. The summed E-state index contributed by atoms with van der Waals surface area (Å²) >= 11 is 5.76. The Labute approximate surface area is 97.1 Å². The average Bonchev–Trinajstić information content (AvgIpc) is 2.26. The Hall–Kier alpha value is -0.600. The Balaban J connectivity index is 2.40. The van der Waals surface area contributed by atoms with Crippen LogP contribution in [0.25, 0.3) is 0 Å². The third-order valence-corrected chi connectivity index (χ3v) is 3.11. The molecule has 0 aliphatic heterocycles. The summed E-state index contributed by atoms with van der Waals surface area (Å²) in [4.78, 5) is 4.24. The minimum Gasteiger partial charge on any atom is -0.308 e. The Morgan fingerprint density at radius 2 is 2.13 bits per heavy atom. The smallest absolute Gasteiger partial charge is 0.0589 e. The van der Waals surface area contributed by atoms with Crippen LogP contribution >= 0.6 is 11.6 Å². The number of rotatable bonds is 5. The summed E-state index contributed by atoms with van der Waals surface area (Å²) in [6.07, 6.45) is 2.88. The summed E-state index contributed by atoms with van der Waals surface area (Å²) in [5.41, 5.74) is 1.04. The second-order valence-corrected chi connectivity index (χ2v) is 4.46. The molecule has 15 heavy (non-hydrogen) atoms. The maximum absolute atomic E-state index is 5.76. The van der Waals surface area contributed by atoms with E-state index in [0.717, 1.165) is 12.2 Å². The summed E-state index contributed by atoms with van der Waals surface area (Å²) in [6.45, 7) is 7.49. The van der Waals surface area contributed by atoms with Crippen LogP contribution in [0, 0.1) is 5.92 Å². The van der Waals surface area contributed by atoms with Gasteiger partial charge in [-0.25, -0.2) is 0 Å². The maximum atomic E-state index is 5.76. The predicted molar refractivity (Wildman–Crippen MR) is 65.0 cm³/mol. The monoisotopic (exact) mass is 226 g/mol. The van der Waals surface area contributed by atoms with E-state index < -0.39 is 0 Å². The van der Waals surface area contributed by atoms with Crippen molar-refractivity contribution in [2.45, 2.75) is 39.8 Å². The first-order valence-corrected chi connectivity index (χ1v) is 5.85. The number of pyridine rings is 1. The fourth-order valence-corrected chi connectivity index (χ4v) is 1.44. The van der Waals surface area contributed by atoms with E-state index in [9.17, 15) is 0 Å². The lowest BCUT2D eigenvalue weighted by Gasteiger charge is -2.19. The molecule has 1 N–H and O–H groups in total. The van der Waals surface area contributed by atoms with Gasteiger partial charge in [-0.1, -0.05) is 31.9 Å². The van der Waals surface area contributed by atoms with Crippen molar-refractivity contribution >= 4 is 11.6 Å². The van der Waals surface area contributed by atoms with Crippen LogP contribution in [0.1, 0.15) is 32.9 Å². The highest BCUT2D eigenvalue weighted by atomic mass is 35.5. The number of hydrogen-bond donors (Lipinski definition) is 1. The molecule has 0 spiro atoms. The van der Waals surface area contributed by atoms with Crippen molar-refractivity contribution in [1.82, 2.24) is 10.3 Å². The van der Waals surface area contributed by atoms with E-state index in [0.29, 0.717) is 17.0 Å². The Morgan fingerprint density at radius 3 is 2.67 bits per heavy atom. The van der Waals surface area contributed by atoms with Crippen molar-refractivity contribution < 1.29 is 0 Å². The van der Waals surface area contributed by atoms with Crippen LogP contribution in [-0.4, -0.2) is 11.0 Å². The quantitative estimate of drug-likeness (QED) is 0.834. The van der Waals surface area contributed by atoms with Gasteiger partial charge in [0.15, 0.2) is 0 Å². The lowest BCUT2D eigenvalue weighted by Crippen LogP contribution is -2.31. The van der Waals surface area contributed by atoms with Gasteiger partial charge in [0.25, 0.3) is 0 Å². The van der Waals surface area contributed by atoms with Gasteiger partial charge in [-0.15, -0.1) is 0 Å². The van der Waals surface area contributed by atoms with Gasteiger partial charge in [0.05, 0.1) is 10.7 Å². The molecule has 0 amide bonds. The fraction of sp³-hybridized carbons (Fsp3) is 0.583. The standard InChI is InChI=1S/C12H19ClN2/c1-4-9(2)10(3)14-8-12-6-5-11(13)7-15-12/h5-7,9-10,14H,4,8H2,1-3H3. The highest BCUT2D eigenvalue weighted by Gasteiger charge is 2.08. The Kier molecular flexibility index (Phi) is 5.06. The molecule has 0 bridgehead atoms. The Morgan fingerprint density at radius 1 is 1.40 bits per heavy atom. The van der Waals surface area contributed by atoms with E-state index in [-0.39, 0.29) is 0 Å². The van der Waals surface area contributed by atoms with Gasteiger partial charge in [-0.3, -0.25) is 4.98 Å². The van der Waals surface area contributed by atoms with Crippen molar-refractivity contribution in [3.05, 3.63) is 29.0 Å². The normalized spacial score (nSPS) is 14.9. The first-order chi connectivity index (χ1) is 7.13. The van der Waals surface area contributed by atoms with Gasteiger partial charge < -0.3 is 5.32 Å². The molecule has 0 aromatic carbocycles. The van der Waals surface area contributed by atoms with Crippen molar-refractivity contribution in [2.75, 3.05) is 0 Å². The van der Waals surface area contributed by atoms with Gasteiger partial charge >= 0.3 is 0 Å². The first kappa shape index (κ1) is 12.5. The molecule has 0 fully saturated rings. The number of aromatic nitrogens is 1. The van der Waals surface area contributed by atoms with Crippen molar-refractivity contribution in [2.24, 2.45) is 5.92 Å². The van der Waals surface area contributed by atoms with Crippen LogP contribution in [0.4, 0.5) is 0 Å². The number of hydrogen-bond acceptors (Lipinski definition) is 2. The molecular weight excluding hydrogens is 208 g/mol. The molecule has 0 radical (unpaired) electrons. The van der Waals surface area contributed by atoms with E-state index in [2.05, 4.69) is 31.1 Å². The topological polar surface area (TPSA) is 24.9 Å². The second kappa shape index (κ2) is 6.09. The van der Waals surface area contributed by atoms with Crippen LogP contribution in [-0.2, 0) is 6.54 Å². The van der Waals surface area contributed by atoms with Gasteiger partial charge in [-0.05, 0) is 25.0 Å². The molecule has 0 saturated carbocycles. The fourth-order valence-electron chi connectivity index (χ4n) is 1.33. The molecule has 1 aromatic rings. The van der Waals surface area contributed by atoms with Crippen molar-refractivity contribution in [3.8, 4) is 0 Å². The molecule has 0 aliphatic carbocycles. The van der Waals surface area contributed by atoms with E-state index in [1.54, 1.807) is 6.20 Å². The van der Waals surface area contributed by atoms with Crippen LogP contribution in [0.5, 0.6) is 0 Å². The van der Waals surface area contributed by atoms with Crippen LogP contribution < -0.4 is 5.32 Å². The van der Waals surface area contributed by atoms with Crippen LogP contribution in [0.3, 0.4) is 0 Å². The molecular formula is C12H19ClN2. The molecule has 2 nitrogen and oxygen atoms in total. The van der Waals surface area contributed by atoms with Gasteiger partial charge in [-0.2, -0.15) is 0 Å². The SMILES string of the molecule is CCC(C)C(C)NCc1ccc(Cl)cn1. The molecule has 2 atom stereocenters. The molecule has 0 saturated heterocycles. The maximum Gasteiger partial charge on any atom is 0.0589 e. The minimum absolute atomic E-state index is 0.521. The van der Waals surface area contributed by atoms with Gasteiger partial charge in [0.2, 0.25) is 0 Å². The highest BCUT2D eigenvalue weighted by Crippen LogP contribution is 2.09. The summed E-state index contributed by atoms with van der Waals surface area (Å²) in [7, 11) is 0. The van der Waals surface area contributed by atoms with Crippen molar-refractivity contribution in [1.29, 1.82) is 0 Å². The first-order valence-electron chi connectivity index (χ1n) is 5.47. The summed E-state index contributed by atoms with van der Waals surface area (Å²) in [5.74, 6) is 0.692. The number of halogens is 1. The zero-order chi connectivity index (χ0) is 11.3. The molecule has 0 aliphatic rings. The zero-order valence-electron chi connectivity index (χ0n) is 9.63. The highest BCUT2D eigenvalue weighted by molar-refractivity contribution is 6.30. The summed E-state index contributed by atoms with van der Waals surface area (Å²) in [5, 5.41) is 4.15. The Bertz CT molecular complexity index is 284. The van der Waals surface area contributed by atoms with Crippen LogP contribution in [0.2, 0.25) is 5.02 Å². The van der Waals surface area contributed by atoms with E-state index in [1.165, 1.54) is 6.42 Å². The minimum atomic E-state index is 0.521. The third-order valence-electron chi connectivity index (χ3n) is 2.89. The molecule has 1 rings (SSSR count). The number of nitrogens with one attached hydrogen (secondary N) is 1. The summed E-state index contributed by atoms with van der Waals surface area (Å²) in [6, 6.07) is 4.35. The molecule has 84 valence electrons. The van der Waals surface area contributed by atoms with Crippen LogP contribution in [0.15, 0.2) is 18.3 Å². The third kappa shape index (κ3) is 4.18. The molecule has 1 aromatic heterocycles. The second-order valence-electron chi connectivity index (χ2n) is 4.02. The van der Waals surface area contributed by atoms with Gasteiger partial charge in [0, 0.05) is 18.8 Å². The zero-order valence-corrected chi connectivity index (χ0v) is 10.4. The van der Waals surface area contributed by atoms with E-state index in [1.807, 2.05) is 12.1 Å².